The molecule has 0 unspecified atom stereocenters. The van der Waals surface area contributed by atoms with Crippen LogP contribution in [0, 0.1) is 0 Å². The average molecular weight is 490 g/mol. The van der Waals surface area contributed by atoms with E-state index >= 15 is 0 Å². The van der Waals surface area contributed by atoms with Crippen molar-refractivity contribution in [1.82, 2.24) is 19.8 Å². The van der Waals surface area contributed by atoms with Gasteiger partial charge in [-0.05, 0) is 61.9 Å². The topological polar surface area (TPSA) is 70.6 Å². The number of anilines is 1. The monoisotopic (exact) mass is 489 g/mol. The highest BCUT2D eigenvalue weighted by Gasteiger charge is 2.33. The normalized spacial score (nSPS) is 21.7. The number of alkyl halides is 3. The van der Waals surface area contributed by atoms with Crippen molar-refractivity contribution < 1.29 is 22.7 Å². The highest BCUT2D eigenvalue weighted by molar-refractivity contribution is 5.78. The number of nitrogens with one attached hydrogen (secondary N) is 1. The Morgan fingerprint density at radius 3 is 2.63 bits per heavy atom. The summed E-state index contributed by atoms with van der Waals surface area (Å²) in [6.07, 6.45) is 1.79. The summed E-state index contributed by atoms with van der Waals surface area (Å²) < 4.78 is 44.2. The lowest BCUT2D eigenvalue weighted by Gasteiger charge is -2.32. The number of amides is 1. The molecular formula is C25H30F3N5O2. The molecule has 1 atom stereocenters. The Morgan fingerprint density at radius 1 is 1.11 bits per heavy atom. The zero-order valence-corrected chi connectivity index (χ0v) is 19.6. The summed E-state index contributed by atoms with van der Waals surface area (Å²) in [7, 11) is 0. The maximum Gasteiger partial charge on any atom is 0.416 e. The van der Waals surface area contributed by atoms with Gasteiger partial charge >= 0.3 is 6.18 Å². The summed E-state index contributed by atoms with van der Waals surface area (Å²) in [5, 5.41) is 3.39. The van der Waals surface area contributed by atoms with Gasteiger partial charge in [0.2, 0.25) is 11.9 Å². The van der Waals surface area contributed by atoms with Crippen molar-refractivity contribution in [3.05, 3.63) is 52.8 Å². The van der Waals surface area contributed by atoms with E-state index in [0.29, 0.717) is 31.5 Å². The van der Waals surface area contributed by atoms with E-state index in [4.69, 9.17) is 9.72 Å². The fourth-order valence-corrected chi connectivity index (χ4v) is 5.17. The first-order valence-electron chi connectivity index (χ1n) is 12.2. The van der Waals surface area contributed by atoms with E-state index in [9.17, 15) is 18.0 Å². The fraction of sp³-hybridized carbons (Fsp3) is 0.560. The first-order chi connectivity index (χ1) is 16.9. The molecule has 0 saturated carbocycles. The highest BCUT2D eigenvalue weighted by Crippen LogP contribution is 2.35. The van der Waals surface area contributed by atoms with Gasteiger partial charge in [0.15, 0.2) is 0 Å². The number of benzene rings is 1. The second kappa shape index (κ2) is 10.1. The highest BCUT2D eigenvalue weighted by atomic mass is 19.4. The van der Waals surface area contributed by atoms with E-state index in [1.807, 2.05) is 11.1 Å². The number of fused-ring (bicyclic) bond motifs is 1. The van der Waals surface area contributed by atoms with Gasteiger partial charge in [-0.3, -0.25) is 9.69 Å². The van der Waals surface area contributed by atoms with Crippen molar-refractivity contribution in [2.24, 2.45) is 0 Å². The molecule has 2 aromatic rings. The molecule has 1 aromatic carbocycles. The number of carbonyl (C=O) groups excluding carboxylic acids is 1. The van der Waals surface area contributed by atoms with Gasteiger partial charge in [0.05, 0.1) is 24.3 Å². The maximum absolute atomic E-state index is 13.2. The Balaban J connectivity index is 1.21. The molecule has 3 aliphatic rings. The minimum Gasteiger partial charge on any atom is -0.381 e. The van der Waals surface area contributed by atoms with Crippen LogP contribution in [0.15, 0.2) is 30.5 Å². The van der Waals surface area contributed by atoms with Gasteiger partial charge in [0.25, 0.3) is 0 Å². The number of ether oxygens (including phenoxy) is 1. The Hall–Kier alpha value is -2.72. The number of likely N-dealkylation sites (tertiary alicyclic amines) is 1. The Morgan fingerprint density at radius 2 is 1.89 bits per heavy atom. The van der Waals surface area contributed by atoms with Crippen LogP contribution in [0.5, 0.6) is 0 Å². The van der Waals surface area contributed by atoms with Crippen molar-refractivity contribution in [2.45, 2.75) is 56.9 Å². The number of hydrogen-bond donors (Lipinski definition) is 1. The molecule has 35 heavy (non-hydrogen) atoms. The van der Waals surface area contributed by atoms with Gasteiger partial charge in [0, 0.05) is 38.0 Å². The van der Waals surface area contributed by atoms with Crippen molar-refractivity contribution in [2.75, 3.05) is 38.2 Å². The SMILES string of the molecule is O=C(CN1CCC[C@H]1c1ccc(C(F)(F)F)cc1)N1CCc2cnc(NC3CCOCC3)nc2C1. The standard InChI is InChI=1S/C25H30F3N5O2/c26-25(27,28)19-5-3-17(4-6-19)22-2-1-10-32(22)16-23(34)33-11-7-18-14-29-24(31-21(18)15-33)30-20-8-12-35-13-9-20/h3-6,14,20,22H,1-2,7-13,15-16H2,(H,29,30,31)/t22-/m0/s1. The van der Waals surface area contributed by atoms with Crippen LogP contribution in [-0.4, -0.2) is 64.6 Å². The summed E-state index contributed by atoms with van der Waals surface area (Å²) in [6.45, 7) is 3.52. The van der Waals surface area contributed by atoms with Gasteiger partial charge in [-0.15, -0.1) is 0 Å². The molecule has 3 aliphatic heterocycles. The largest absolute Gasteiger partial charge is 0.416 e. The zero-order chi connectivity index (χ0) is 24.4. The maximum atomic E-state index is 13.2. The van der Waals surface area contributed by atoms with Gasteiger partial charge in [0.1, 0.15) is 0 Å². The Labute approximate surface area is 202 Å². The third kappa shape index (κ3) is 5.59. The summed E-state index contributed by atoms with van der Waals surface area (Å²) in [5.41, 5.74) is 2.11. The number of halogens is 3. The Bertz CT molecular complexity index is 1040. The molecule has 1 aromatic heterocycles. The summed E-state index contributed by atoms with van der Waals surface area (Å²) in [6, 6.07) is 5.58. The van der Waals surface area contributed by atoms with Crippen LogP contribution < -0.4 is 5.32 Å². The molecule has 188 valence electrons. The smallest absolute Gasteiger partial charge is 0.381 e. The van der Waals surface area contributed by atoms with Crippen LogP contribution >= 0.6 is 0 Å². The summed E-state index contributed by atoms with van der Waals surface area (Å²) in [5.74, 6) is 0.610. The number of hydrogen-bond acceptors (Lipinski definition) is 6. The number of nitrogens with zero attached hydrogens (tertiary/aromatic N) is 4. The molecule has 0 spiro atoms. The fourth-order valence-electron chi connectivity index (χ4n) is 5.17. The van der Waals surface area contributed by atoms with Crippen molar-refractivity contribution in [3.8, 4) is 0 Å². The quantitative estimate of drug-likeness (QED) is 0.689. The molecule has 5 rings (SSSR count). The second-order valence-corrected chi connectivity index (χ2v) is 9.51. The number of carbonyl (C=O) groups is 1. The van der Waals surface area contributed by atoms with E-state index in [2.05, 4.69) is 15.2 Å². The van der Waals surface area contributed by atoms with Crippen molar-refractivity contribution >= 4 is 11.9 Å². The predicted molar refractivity (Wildman–Crippen MR) is 124 cm³/mol. The van der Waals surface area contributed by atoms with E-state index in [1.165, 1.54) is 12.1 Å². The van der Waals surface area contributed by atoms with Crippen molar-refractivity contribution in [3.63, 3.8) is 0 Å². The van der Waals surface area contributed by atoms with Gasteiger partial charge in [-0.1, -0.05) is 12.1 Å². The molecule has 10 heteroatoms. The van der Waals surface area contributed by atoms with Crippen LogP contribution in [0.4, 0.5) is 19.1 Å². The van der Waals surface area contributed by atoms with E-state index in [1.54, 1.807) is 0 Å². The van der Waals surface area contributed by atoms with Gasteiger partial charge < -0.3 is 15.0 Å². The third-order valence-corrected chi connectivity index (χ3v) is 7.18. The minimum atomic E-state index is -4.35. The third-order valence-electron chi connectivity index (χ3n) is 7.18. The van der Waals surface area contributed by atoms with E-state index < -0.39 is 11.7 Å². The van der Waals surface area contributed by atoms with Crippen LogP contribution in [0.1, 0.15) is 54.1 Å². The summed E-state index contributed by atoms with van der Waals surface area (Å²) in [4.78, 5) is 26.3. The van der Waals surface area contributed by atoms with Crippen LogP contribution in [-0.2, 0) is 28.7 Å². The van der Waals surface area contributed by atoms with Gasteiger partial charge in [-0.2, -0.15) is 13.2 Å². The number of rotatable bonds is 5. The molecule has 1 N–H and O–H groups in total. The second-order valence-electron chi connectivity index (χ2n) is 9.51. The first-order valence-corrected chi connectivity index (χ1v) is 12.2. The van der Waals surface area contributed by atoms with Crippen molar-refractivity contribution in [1.29, 1.82) is 0 Å². The minimum absolute atomic E-state index is 0.0204. The predicted octanol–water partition coefficient (Wildman–Crippen LogP) is 3.81. The van der Waals surface area contributed by atoms with Gasteiger partial charge in [-0.25, -0.2) is 9.97 Å². The van der Waals surface area contributed by atoms with Crippen LogP contribution in [0.3, 0.4) is 0 Å². The molecule has 0 radical (unpaired) electrons. The Kier molecular flexibility index (Phi) is 6.93. The molecular weight excluding hydrogens is 459 g/mol. The molecule has 1 amide bonds. The number of aromatic nitrogens is 2. The van der Waals surface area contributed by atoms with Crippen LogP contribution in [0.25, 0.3) is 0 Å². The lowest BCUT2D eigenvalue weighted by molar-refractivity contribution is -0.137. The van der Waals surface area contributed by atoms with E-state index in [0.717, 1.165) is 74.4 Å². The zero-order valence-electron chi connectivity index (χ0n) is 19.6. The molecule has 2 saturated heterocycles. The summed E-state index contributed by atoms with van der Waals surface area (Å²) >= 11 is 0. The first kappa shape index (κ1) is 24.0. The lowest BCUT2D eigenvalue weighted by Crippen LogP contribution is -2.43. The molecule has 0 aliphatic carbocycles. The van der Waals surface area contributed by atoms with E-state index in [-0.39, 0.29) is 18.5 Å². The average Bonchev–Trinajstić information content (AvgIpc) is 3.32. The van der Waals surface area contributed by atoms with Crippen LogP contribution in [0.2, 0.25) is 0 Å². The molecule has 4 heterocycles. The molecule has 0 bridgehead atoms. The lowest BCUT2D eigenvalue weighted by atomic mass is 10.0. The molecule has 2 fully saturated rings. The molecule has 7 nitrogen and oxygen atoms in total.